The lowest BCUT2D eigenvalue weighted by atomic mass is 10.00. The van der Waals surface area contributed by atoms with Crippen LogP contribution in [0, 0.1) is 0 Å². The third kappa shape index (κ3) is 4.90. The minimum atomic E-state index is -0.307. The SMILES string of the molecule is CCC1(C)CN(CC(O)CN2CCOC(C)(CC)C2)CCO1. The zero-order valence-corrected chi connectivity index (χ0v) is 14.8. The number of ether oxygens (including phenoxy) is 2. The Morgan fingerprint density at radius 3 is 1.68 bits per heavy atom. The van der Waals surface area contributed by atoms with Gasteiger partial charge in [-0.05, 0) is 26.7 Å². The second kappa shape index (κ2) is 7.58. The lowest BCUT2D eigenvalue weighted by Gasteiger charge is -2.43. The Kier molecular flexibility index (Phi) is 6.25. The van der Waals surface area contributed by atoms with Crippen LogP contribution in [-0.2, 0) is 9.47 Å². The fourth-order valence-electron chi connectivity index (χ4n) is 3.43. The Morgan fingerprint density at radius 2 is 1.32 bits per heavy atom. The van der Waals surface area contributed by atoms with E-state index in [9.17, 15) is 5.11 Å². The van der Waals surface area contributed by atoms with Crippen molar-refractivity contribution in [3.63, 3.8) is 0 Å². The smallest absolute Gasteiger partial charge is 0.0793 e. The van der Waals surface area contributed by atoms with Crippen LogP contribution in [0.5, 0.6) is 0 Å². The molecule has 0 saturated carbocycles. The lowest BCUT2D eigenvalue weighted by Crippen LogP contribution is -2.55. The first-order valence-corrected chi connectivity index (χ1v) is 8.79. The van der Waals surface area contributed by atoms with Gasteiger partial charge in [0.25, 0.3) is 0 Å². The molecule has 0 amide bonds. The average Bonchev–Trinajstić information content (AvgIpc) is 2.47. The summed E-state index contributed by atoms with van der Waals surface area (Å²) in [5.41, 5.74) is -0.116. The standard InChI is InChI=1S/C17H34N2O3/c1-5-16(3)13-18(7-9-21-16)11-15(20)12-19-8-10-22-17(4,6-2)14-19/h15,20H,5-14H2,1-4H3. The maximum atomic E-state index is 10.5. The van der Waals surface area contributed by atoms with E-state index < -0.39 is 0 Å². The van der Waals surface area contributed by atoms with Crippen LogP contribution < -0.4 is 0 Å². The van der Waals surface area contributed by atoms with Crippen molar-refractivity contribution >= 4 is 0 Å². The van der Waals surface area contributed by atoms with Crippen molar-refractivity contribution in [2.75, 3.05) is 52.5 Å². The molecule has 1 N–H and O–H groups in total. The van der Waals surface area contributed by atoms with Crippen LogP contribution in [0.2, 0.25) is 0 Å². The first-order valence-electron chi connectivity index (χ1n) is 8.79. The van der Waals surface area contributed by atoms with Gasteiger partial charge >= 0.3 is 0 Å². The summed E-state index contributed by atoms with van der Waals surface area (Å²) < 4.78 is 11.7. The Labute approximate surface area is 135 Å². The molecule has 0 radical (unpaired) electrons. The highest BCUT2D eigenvalue weighted by atomic mass is 16.5. The van der Waals surface area contributed by atoms with Gasteiger partial charge in [-0.25, -0.2) is 0 Å². The van der Waals surface area contributed by atoms with E-state index in [1.807, 2.05) is 0 Å². The topological polar surface area (TPSA) is 45.2 Å². The van der Waals surface area contributed by atoms with Gasteiger partial charge in [0.1, 0.15) is 0 Å². The van der Waals surface area contributed by atoms with Crippen molar-refractivity contribution in [3.05, 3.63) is 0 Å². The summed E-state index contributed by atoms with van der Waals surface area (Å²) in [5.74, 6) is 0. The zero-order valence-electron chi connectivity index (χ0n) is 14.8. The normalized spacial score (nSPS) is 36.4. The molecule has 0 spiro atoms. The average molecular weight is 314 g/mol. The van der Waals surface area contributed by atoms with Crippen molar-refractivity contribution in [1.29, 1.82) is 0 Å². The van der Waals surface area contributed by atoms with Crippen molar-refractivity contribution < 1.29 is 14.6 Å². The third-order valence-electron chi connectivity index (χ3n) is 5.27. The first-order chi connectivity index (χ1) is 10.4. The van der Waals surface area contributed by atoms with Crippen LogP contribution in [0.25, 0.3) is 0 Å². The first kappa shape index (κ1) is 18.1. The molecule has 2 fully saturated rings. The molecule has 0 bridgehead atoms. The number of aliphatic hydroxyl groups is 1. The van der Waals surface area contributed by atoms with Crippen LogP contribution in [0.3, 0.4) is 0 Å². The number of nitrogens with zero attached hydrogens (tertiary/aromatic N) is 2. The van der Waals surface area contributed by atoms with Gasteiger partial charge in [-0.2, -0.15) is 0 Å². The monoisotopic (exact) mass is 314 g/mol. The second-order valence-electron chi connectivity index (χ2n) is 7.43. The predicted molar refractivity (Wildman–Crippen MR) is 88.2 cm³/mol. The minimum Gasteiger partial charge on any atom is -0.390 e. The molecule has 2 rings (SSSR count). The van der Waals surface area contributed by atoms with Crippen LogP contribution >= 0.6 is 0 Å². The van der Waals surface area contributed by atoms with E-state index in [0.717, 1.165) is 65.3 Å². The molecule has 0 aromatic rings. The van der Waals surface area contributed by atoms with Crippen molar-refractivity contribution in [2.45, 2.75) is 57.8 Å². The summed E-state index contributed by atoms with van der Waals surface area (Å²) in [6, 6.07) is 0. The van der Waals surface area contributed by atoms with E-state index in [-0.39, 0.29) is 17.3 Å². The van der Waals surface area contributed by atoms with Crippen LogP contribution in [-0.4, -0.2) is 84.7 Å². The highest BCUT2D eigenvalue weighted by Crippen LogP contribution is 2.23. The summed E-state index contributed by atoms with van der Waals surface area (Å²) in [6.45, 7) is 15.3. The van der Waals surface area contributed by atoms with Gasteiger partial charge in [-0.15, -0.1) is 0 Å². The number of hydrogen-bond acceptors (Lipinski definition) is 5. The molecule has 2 aliphatic rings. The van der Waals surface area contributed by atoms with E-state index in [0.29, 0.717) is 0 Å². The summed E-state index contributed by atoms with van der Waals surface area (Å²) in [4.78, 5) is 4.69. The summed E-state index contributed by atoms with van der Waals surface area (Å²) in [5, 5.41) is 10.5. The van der Waals surface area contributed by atoms with Crippen molar-refractivity contribution in [1.82, 2.24) is 9.80 Å². The van der Waals surface area contributed by atoms with Crippen LogP contribution in [0.1, 0.15) is 40.5 Å². The molecule has 0 aromatic carbocycles. The number of rotatable bonds is 6. The zero-order chi connectivity index (χ0) is 16.2. The van der Waals surface area contributed by atoms with E-state index in [4.69, 9.17) is 9.47 Å². The third-order valence-corrected chi connectivity index (χ3v) is 5.27. The number of aliphatic hydroxyl groups excluding tert-OH is 1. The molecule has 5 nitrogen and oxygen atoms in total. The highest BCUT2D eigenvalue weighted by molar-refractivity contribution is 4.86. The predicted octanol–water partition coefficient (Wildman–Crippen LogP) is 1.35. The minimum absolute atomic E-state index is 0.0578. The molecule has 2 atom stereocenters. The summed E-state index contributed by atoms with van der Waals surface area (Å²) in [7, 11) is 0. The maximum absolute atomic E-state index is 10.5. The van der Waals surface area contributed by atoms with Crippen LogP contribution in [0.15, 0.2) is 0 Å². The van der Waals surface area contributed by atoms with Crippen molar-refractivity contribution in [2.24, 2.45) is 0 Å². The number of β-amino-alcohol motifs (C(OH)–C–C–N with tert-alkyl or cyclic N) is 1. The fraction of sp³-hybridized carbons (Fsp3) is 1.00. The van der Waals surface area contributed by atoms with E-state index in [1.54, 1.807) is 0 Å². The molecule has 22 heavy (non-hydrogen) atoms. The number of morpholine rings is 2. The maximum Gasteiger partial charge on any atom is 0.0793 e. The van der Waals surface area contributed by atoms with E-state index in [1.165, 1.54) is 0 Å². The van der Waals surface area contributed by atoms with Gasteiger partial charge in [0.2, 0.25) is 0 Å². The van der Waals surface area contributed by atoms with Crippen molar-refractivity contribution in [3.8, 4) is 0 Å². The van der Waals surface area contributed by atoms with Gasteiger partial charge in [0.15, 0.2) is 0 Å². The van der Waals surface area contributed by atoms with Gasteiger partial charge in [0.05, 0.1) is 30.5 Å². The van der Waals surface area contributed by atoms with Crippen LogP contribution in [0.4, 0.5) is 0 Å². The molecule has 130 valence electrons. The Morgan fingerprint density at radius 1 is 0.909 bits per heavy atom. The molecular weight excluding hydrogens is 280 g/mol. The van der Waals surface area contributed by atoms with Gasteiger partial charge in [-0.1, -0.05) is 13.8 Å². The molecule has 2 heterocycles. The van der Waals surface area contributed by atoms with Gasteiger partial charge < -0.3 is 14.6 Å². The second-order valence-corrected chi connectivity index (χ2v) is 7.43. The Bertz CT molecular complexity index is 323. The summed E-state index contributed by atoms with van der Waals surface area (Å²) >= 11 is 0. The quantitative estimate of drug-likeness (QED) is 0.802. The molecular formula is C17H34N2O3. The highest BCUT2D eigenvalue weighted by Gasteiger charge is 2.33. The Balaban J connectivity index is 1.79. The summed E-state index contributed by atoms with van der Waals surface area (Å²) in [6.07, 6.45) is 1.72. The molecule has 2 aliphatic heterocycles. The van der Waals surface area contributed by atoms with Gasteiger partial charge in [-0.3, -0.25) is 9.80 Å². The molecule has 2 unspecified atom stereocenters. The lowest BCUT2D eigenvalue weighted by molar-refractivity contribution is -0.117. The molecule has 0 aliphatic carbocycles. The van der Waals surface area contributed by atoms with Gasteiger partial charge in [0, 0.05) is 39.3 Å². The largest absolute Gasteiger partial charge is 0.390 e. The fourth-order valence-corrected chi connectivity index (χ4v) is 3.43. The molecule has 5 heteroatoms. The number of hydrogen-bond donors (Lipinski definition) is 1. The Hall–Kier alpha value is -0.200. The molecule has 2 saturated heterocycles. The molecule has 0 aromatic heterocycles. The van der Waals surface area contributed by atoms with E-state index in [2.05, 4.69) is 37.5 Å². The van der Waals surface area contributed by atoms with E-state index >= 15 is 0 Å².